The van der Waals surface area contributed by atoms with Gasteiger partial charge in [-0.15, -0.1) is 0 Å². The summed E-state index contributed by atoms with van der Waals surface area (Å²) in [4.78, 5) is 34.3. The van der Waals surface area contributed by atoms with E-state index in [4.69, 9.17) is 0 Å². The Balaban J connectivity index is 1.67. The van der Waals surface area contributed by atoms with E-state index >= 15 is 0 Å². The molecule has 1 amide bonds. The Morgan fingerprint density at radius 3 is 2.50 bits per heavy atom. The lowest BCUT2D eigenvalue weighted by atomic mass is 10.1. The van der Waals surface area contributed by atoms with Gasteiger partial charge >= 0.3 is 0 Å². The lowest BCUT2D eigenvalue weighted by Crippen LogP contribution is -2.27. The van der Waals surface area contributed by atoms with Crippen molar-refractivity contribution in [1.82, 2.24) is 30.4 Å². The zero-order valence-corrected chi connectivity index (χ0v) is 18.1. The molecule has 0 aliphatic heterocycles. The highest BCUT2D eigenvalue weighted by atomic mass is 16.2. The van der Waals surface area contributed by atoms with Crippen LogP contribution in [-0.2, 0) is 4.79 Å². The molecule has 0 radical (unpaired) electrons. The summed E-state index contributed by atoms with van der Waals surface area (Å²) < 4.78 is 0. The van der Waals surface area contributed by atoms with Gasteiger partial charge in [-0.1, -0.05) is 30.3 Å². The summed E-state index contributed by atoms with van der Waals surface area (Å²) in [5.41, 5.74) is 4.70. The standard InChI is InChI=1S/C24H24N6O2/c1-15(16-8-5-4-6-9-16)25-24(32)23-26-20-12-18-19(13-21(20)27-23)28-29-22(18)17(10-7-11-31)14-30(2)3/h4-15,28-29H,1-3H3,(H,25,32)/b10-7-,17-14+. The van der Waals surface area contributed by atoms with Crippen molar-refractivity contribution in [2.75, 3.05) is 14.1 Å². The highest BCUT2D eigenvalue weighted by Crippen LogP contribution is 2.27. The normalized spacial score (nSPS) is 13.0. The van der Waals surface area contributed by atoms with E-state index in [2.05, 4.69) is 25.5 Å². The van der Waals surface area contributed by atoms with Gasteiger partial charge in [0.15, 0.2) is 0 Å². The number of imidazole rings is 1. The van der Waals surface area contributed by atoms with Crippen molar-refractivity contribution in [3.05, 3.63) is 77.9 Å². The molecule has 2 aromatic heterocycles. The maximum Gasteiger partial charge on any atom is 0.289 e. The van der Waals surface area contributed by atoms with Crippen molar-refractivity contribution < 1.29 is 9.59 Å². The first-order valence-corrected chi connectivity index (χ1v) is 10.2. The highest BCUT2D eigenvalue weighted by molar-refractivity contribution is 6.02. The topological polar surface area (TPSA) is 107 Å². The van der Waals surface area contributed by atoms with Crippen LogP contribution in [0.5, 0.6) is 0 Å². The summed E-state index contributed by atoms with van der Waals surface area (Å²) in [7, 11) is 3.82. The van der Waals surface area contributed by atoms with Crippen molar-refractivity contribution in [3.8, 4) is 0 Å². The zero-order valence-electron chi connectivity index (χ0n) is 18.1. The average Bonchev–Trinajstić information content (AvgIpc) is 3.38. The number of aromatic amines is 2. The molecule has 2 aromatic carbocycles. The first-order chi connectivity index (χ1) is 15.5. The molecule has 8 heteroatoms. The first kappa shape index (κ1) is 21.0. The molecule has 0 aliphatic carbocycles. The van der Waals surface area contributed by atoms with Crippen LogP contribution in [0.4, 0.5) is 0 Å². The van der Waals surface area contributed by atoms with Gasteiger partial charge < -0.3 is 15.3 Å². The van der Waals surface area contributed by atoms with E-state index in [9.17, 15) is 9.59 Å². The number of nitrogens with one attached hydrogen (secondary N) is 3. The highest BCUT2D eigenvalue weighted by Gasteiger charge is 2.18. The fourth-order valence-electron chi connectivity index (χ4n) is 3.54. The second-order valence-corrected chi connectivity index (χ2v) is 7.71. The Morgan fingerprint density at radius 1 is 1.09 bits per heavy atom. The summed E-state index contributed by atoms with van der Waals surface area (Å²) in [6.45, 7) is 1.92. The van der Waals surface area contributed by atoms with E-state index in [1.165, 1.54) is 6.08 Å². The summed E-state index contributed by atoms with van der Waals surface area (Å²) in [6.07, 6.45) is 5.82. The molecule has 162 valence electrons. The van der Waals surface area contributed by atoms with E-state index in [-0.39, 0.29) is 17.8 Å². The van der Waals surface area contributed by atoms with Gasteiger partial charge in [-0.05, 0) is 36.8 Å². The number of fused-ring (bicyclic) bond motifs is 2. The molecule has 0 aliphatic rings. The fraction of sp³-hybridized carbons (Fsp3) is 0.167. The van der Waals surface area contributed by atoms with Crippen molar-refractivity contribution in [2.45, 2.75) is 13.0 Å². The van der Waals surface area contributed by atoms with E-state index < -0.39 is 0 Å². The molecule has 0 saturated heterocycles. The van der Waals surface area contributed by atoms with Gasteiger partial charge in [0, 0.05) is 31.3 Å². The molecule has 3 N–H and O–H groups in total. The monoisotopic (exact) mass is 428 g/mol. The van der Waals surface area contributed by atoms with Gasteiger partial charge in [0.25, 0.3) is 5.91 Å². The molecule has 8 nitrogen and oxygen atoms in total. The minimum absolute atomic E-state index is 0.130. The molecule has 1 atom stereocenters. The minimum atomic E-state index is -0.324. The second kappa shape index (κ2) is 8.89. The molecule has 0 fully saturated rings. The zero-order chi connectivity index (χ0) is 22.7. The SMILES string of the molecule is CC(NC(=O)c1nc2cc3[nH][nH]c(C(/C=C\C=O)=C/N(C)C)c3cc2n1)c1ccccc1. The molecule has 2 heterocycles. The number of H-pyrrole nitrogens is 2. The maximum absolute atomic E-state index is 12.7. The van der Waals surface area contributed by atoms with Crippen LogP contribution in [0.15, 0.2) is 60.8 Å². The van der Waals surface area contributed by atoms with Crippen LogP contribution in [0.3, 0.4) is 0 Å². The van der Waals surface area contributed by atoms with Gasteiger partial charge in [0.2, 0.25) is 5.82 Å². The van der Waals surface area contributed by atoms with Crippen LogP contribution in [0.25, 0.3) is 27.5 Å². The first-order valence-electron chi connectivity index (χ1n) is 10.2. The van der Waals surface area contributed by atoms with Crippen LogP contribution in [0.1, 0.15) is 34.8 Å². The van der Waals surface area contributed by atoms with Crippen LogP contribution in [0, 0.1) is 0 Å². The number of aromatic nitrogens is 4. The second-order valence-electron chi connectivity index (χ2n) is 7.71. The molecular weight excluding hydrogens is 404 g/mol. The number of allylic oxidation sites excluding steroid dienone is 3. The number of rotatable bonds is 7. The molecule has 4 rings (SSSR count). The van der Waals surface area contributed by atoms with Crippen molar-refractivity contribution in [3.63, 3.8) is 0 Å². The van der Waals surface area contributed by atoms with Crippen LogP contribution in [0.2, 0.25) is 0 Å². The average molecular weight is 428 g/mol. The molecule has 1 unspecified atom stereocenters. The summed E-state index contributed by atoms with van der Waals surface area (Å²) in [5.74, 6) is -0.194. The number of benzene rings is 2. The number of aldehydes is 1. The third-order valence-corrected chi connectivity index (χ3v) is 5.05. The Morgan fingerprint density at radius 2 is 1.81 bits per heavy atom. The number of carbonyl (C=O) groups excluding carboxylic acids is 2. The Bertz CT molecular complexity index is 1330. The molecule has 0 saturated carbocycles. The van der Waals surface area contributed by atoms with Crippen molar-refractivity contribution in [1.29, 1.82) is 0 Å². The predicted octanol–water partition coefficient (Wildman–Crippen LogP) is 3.59. The van der Waals surface area contributed by atoms with Gasteiger partial charge in [0.05, 0.1) is 28.3 Å². The number of nitrogens with zero attached hydrogens (tertiary/aromatic N) is 3. The van der Waals surface area contributed by atoms with Crippen molar-refractivity contribution in [2.24, 2.45) is 0 Å². The van der Waals surface area contributed by atoms with E-state index in [0.717, 1.165) is 34.0 Å². The van der Waals surface area contributed by atoms with Crippen LogP contribution >= 0.6 is 0 Å². The number of hydrogen-bond acceptors (Lipinski definition) is 5. The van der Waals surface area contributed by atoms with E-state index in [1.54, 1.807) is 6.08 Å². The Hall–Kier alpha value is -4.20. The summed E-state index contributed by atoms with van der Waals surface area (Å²) >= 11 is 0. The molecule has 0 bridgehead atoms. The van der Waals surface area contributed by atoms with E-state index in [0.29, 0.717) is 11.0 Å². The third kappa shape index (κ3) is 4.29. The summed E-state index contributed by atoms with van der Waals surface area (Å²) in [5, 5.41) is 10.1. The van der Waals surface area contributed by atoms with Crippen molar-refractivity contribution >= 4 is 39.7 Å². The van der Waals surface area contributed by atoms with Gasteiger partial charge in [-0.25, -0.2) is 9.97 Å². The summed E-state index contributed by atoms with van der Waals surface area (Å²) in [6, 6.07) is 13.3. The molecule has 32 heavy (non-hydrogen) atoms. The quantitative estimate of drug-likeness (QED) is 0.237. The minimum Gasteiger partial charge on any atom is -0.383 e. The van der Waals surface area contributed by atoms with E-state index in [1.807, 2.05) is 74.6 Å². The fourth-order valence-corrected chi connectivity index (χ4v) is 3.54. The van der Waals surface area contributed by atoms with Crippen LogP contribution < -0.4 is 5.32 Å². The third-order valence-electron chi connectivity index (χ3n) is 5.05. The Labute approximate surface area is 185 Å². The number of carbonyl (C=O) groups is 2. The predicted molar refractivity (Wildman–Crippen MR) is 125 cm³/mol. The number of hydrogen-bond donors (Lipinski definition) is 3. The molecular formula is C24H24N6O2. The maximum atomic E-state index is 12.7. The lowest BCUT2D eigenvalue weighted by Gasteiger charge is -2.12. The van der Waals surface area contributed by atoms with Gasteiger partial charge in [-0.3, -0.25) is 14.7 Å². The smallest absolute Gasteiger partial charge is 0.289 e. The van der Waals surface area contributed by atoms with Crippen LogP contribution in [-0.4, -0.2) is 51.4 Å². The van der Waals surface area contributed by atoms with Gasteiger partial charge in [0.1, 0.15) is 6.29 Å². The largest absolute Gasteiger partial charge is 0.383 e. The molecule has 4 aromatic rings. The number of amides is 1. The lowest BCUT2D eigenvalue weighted by molar-refractivity contribution is -0.104. The Kier molecular flexibility index (Phi) is 5.85. The molecule has 0 spiro atoms. The van der Waals surface area contributed by atoms with Gasteiger partial charge in [-0.2, -0.15) is 0 Å².